The second-order valence-corrected chi connectivity index (χ2v) is 3.70. The Morgan fingerprint density at radius 3 is 3.08 bits per heavy atom. The average Bonchev–Trinajstić information content (AvgIpc) is 2.46. The van der Waals surface area contributed by atoms with Crippen LogP contribution in [0.25, 0.3) is 0 Å². The Morgan fingerprint density at radius 1 is 1.62 bits per heavy atom. The van der Waals surface area contributed by atoms with Gasteiger partial charge in [-0.25, -0.2) is 4.39 Å². The van der Waals surface area contributed by atoms with Crippen molar-refractivity contribution in [3.8, 4) is 0 Å². The van der Waals surface area contributed by atoms with E-state index in [-0.39, 0.29) is 5.82 Å². The Balaban J connectivity index is 2.51. The van der Waals surface area contributed by atoms with Crippen LogP contribution in [0.4, 0.5) is 4.39 Å². The topological polar surface area (TPSA) is 29.5 Å². The van der Waals surface area contributed by atoms with Gasteiger partial charge in [0, 0.05) is 4.90 Å². The molecule has 2 nitrogen and oxygen atoms in total. The lowest BCUT2D eigenvalue weighted by Gasteiger charge is -2.02. The van der Waals surface area contributed by atoms with Crippen molar-refractivity contribution in [2.75, 3.05) is 6.26 Å². The van der Waals surface area contributed by atoms with E-state index in [0.29, 0.717) is 17.0 Å². The van der Waals surface area contributed by atoms with Crippen molar-refractivity contribution in [2.24, 2.45) is 0 Å². The lowest BCUT2D eigenvalue weighted by atomic mass is 9.80. The van der Waals surface area contributed by atoms with Gasteiger partial charge in [0.15, 0.2) is 0 Å². The van der Waals surface area contributed by atoms with Gasteiger partial charge in [-0.3, -0.25) is 0 Å². The van der Waals surface area contributed by atoms with Crippen LogP contribution >= 0.6 is 11.8 Å². The van der Waals surface area contributed by atoms with Crippen LogP contribution in [-0.2, 0) is 11.3 Å². The summed E-state index contributed by atoms with van der Waals surface area (Å²) in [6.07, 6.45) is 1.80. The molecule has 0 aliphatic carbocycles. The van der Waals surface area contributed by atoms with Crippen LogP contribution in [0.1, 0.15) is 5.56 Å². The molecule has 1 aliphatic rings. The number of halogens is 1. The third kappa shape index (κ3) is 1.47. The van der Waals surface area contributed by atoms with E-state index in [1.807, 2.05) is 0 Å². The number of hydrogen-bond donors (Lipinski definition) is 1. The maximum atomic E-state index is 13.2. The summed E-state index contributed by atoms with van der Waals surface area (Å²) in [5.74, 6) is -0.246. The molecule has 1 aliphatic heterocycles. The summed E-state index contributed by atoms with van der Waals surface area (Å²) in [7, 11) is -0.888. The first-order chi connectivity index (χ1) is 6.22. The Hall–Kier alpha value is -0.515. The van der Waals surface area contributed by atoms with Crippen LogP contribution in [0.2, 0.25) is 0 Å². The number of benzene rings is 1. The molecule has 0 radical (unpaired) electrons. The normalized spacial score (nSPS) is 14.8. The quantitative estimate of drug-likeness (QED) is 0.533. The van der Waals surface area contributed by atoms with Gasteiger partial charge in [0.1, 0.15) is 5.82 Å². The predicted octanol–water partition coefficient (Wildman–Crippen LogP) is 0.765. The molecule has 1 heterocycles. The molecule has 0 aromatic heterocycles. The highest BCUT2D eigenvalue weighted by atomic mass is 32.2. The van der Waals surface area contributed by atoms with E-state index in [4.69, 9.17) is 4.65 Å². The fraction of sp³-hybridized carbons (Fsp3) is 0.250. The molecule has 0 saturated heterocycles. The lowest BCUT2D eigenvalue weighted by Crippen LogP contribution is -2.28. The molecule has 2 rings (SSSR count). The zero-order chi connectivity index (χ0) is 9.42. The summed E-state index contributed by atoms with van der Waals surface area (Å²) >= 11 is 1.32. The van der Waals surface area contributed by atoms with E-state index >= 15 is 0 Å². The minimum absolute atomic E-state index is 0.246. The van der Waals surface area contributed by atoms with E-state index < -0.39 is 7.12 Å². The molecule has 0 saturated carbocycles. The summed E-state index contributed by atoms with van der Waals surface area (Å²) in [5.41, 5.74) is 1.42. The Kier molecular flexibility index (Phi) is 2.32. The Labute approximate surface area is 80.2 Å². The number of fused-ring (bicyclic) bond motifs is 1. The first-order valence-electron chi connectivity index (χ1n) is 3.88. The third-order valence-electron chi connectivity index (χ3n) is 2.08. The van der Waals surface area contributed by atoms with E-state index in [0.717, 1.165) is 5.56 Å². The van der Waals surface area contributed by atoms with Gasteiger partial charge < -0.3 is 9.68 Å². The van der Waals surface area contributed by atoms with Crippen molar-refractivity contribution >= 4 is 24.3 Å². The molecule has 0 spiro atoms. The van der Waals surface area contributed by atoms with E-state index in [9.17, 15) is 9.41 Å². The van der Waals surface area contributed by atoms with Crippen molar-refractivity contribution in [1.82, 2.24) is 0 Å². The van der Waals surface area contributed by atoms with Crippen molar-refractivity contribution in [3.05, 3.63) is 23.5 Å². The standard InChI is InChI=1S/C8H8BFO2S/c1-13-8-3-6-5(2-7(8)10)4-12-9(6)11/h2-3,11H,4H2,1H3. The van der Waals surface area contributed by atoms with Crippen molar-refractivity contribution in [2.45, 2.75) is 11.5 Å². The van der Waals surface area contributed by atoms with Crippen molar-refractivity contribution < 1.29 is 14.1 Å². The summed E-state index contributed by atoms with van der Waals surface area (Å²) in [6, 6.07) is 3.07. The largest absolute Gasteiger partial charge is 0.491 e. The molecule has 13 heavy (non-hydrogen) atoms. The van der Waals surface area contributed by atoms with Gasteiger partial charge in [-0.2, -0.15) is 0 Å². The van der Waals surface area contributed by atoms with Gasteiger partial charge in [-0.15, -0.1) is 11.8 Å². The fourth-order valence-electron chi connectivity index (χ4n) is 1.38. The van der Waals surface area contributed by atoms with Gasteiger partial charge in [0.2, 0.25) is 0 Å². The van der Waals surface area contributed by atoms with Crippen LogP contribution < -0.4 is 5.46 Å². The molecule has 1 N–H and O–H groups in total. The second-order valence-electron chi connectivity index (χ2n) is 2.85. The molecule has 5 heteroatoms. The molecule has 0 fully saturated rings. The van der Waals surface area contributed by atoms with Gasteiger partial charge in [-0.1, -0.05) is 0 Å². The van der Waals surface area contributed by atoms with Crippen molar-refractivity contribution in [3.63, 3.8) is 0 Å². The minimum atomic E-state index is -0.888. The molecule has 1 aromatic carbocycles. The van der Waals surface area contributed by atoms with Crippen molar-refractivity contribution in [1.29, 1.82) is 0 Å². The number of thioether (sulfide) groups is 1. The monoisotopic (exact) mass is 198 g/mol. The third-order valence-corrected chi connectivity index (χ3v) is 2.83. The van der Waals surface area contributed by atoms with E-state index in [1.165, 1.54) is 17.8 Å². The minimum Gasteiger partial charge on any atom is -0.423 e. The van der Waals surface area contributed by atoms with Crippen LogP contribution in [0.5, 0.6) is 0 Å². The fourth-order valence-corrected chi connectivity index (χ4v) is 1.88. The molecular weight excluding hydrogens is 190 g/mol. The molecule has 0 unspecified atom stereocenters. The Morgan fingerprint density at radius 2 is 2.38 bits per heavy atom. The first-order valence-corrected chi connectivity index (χ1v) is 5.11. The number of rotatable bonds is 1. The first kappa shape index (κ1) is 9.06. The van der Waals surface area contributed by atoms with Gasteiger partial charge in [0.05, 0.1) is 6.61 Å². The maximum absolute atomic E-state index is 13.2. The smallest absolute Gasteiger partial charge is 0.423 e. The average molecular weight is 198 g/mol. The second kappa shape index (κ2) is 3.33. The highest BCUT2D eigenvalue weighted by molar-refractivity contribution is 7.98. The van der Waals surface area contributed by atoms with Crippen LogP contribution in [0.3, 0.4) is 0 Å². The highest BCUT2D eigenvalue weighted by Gasteiger charge is 2.28. The molecule has 0 amide bonds. The zero-order valence-corrected chi connectivity index (χ0v) is 7.90. The molecular formula is C8H8BFO2S. The van der Waals surface area contributed by atoms with Gasteiger partial charge in [-0.05, 0) is 29.4 Å². The lowest BCUT2D eigenvalue weighted by molar-refractivity contribution is 0.275. The van der Waals surface area contributed by atoms with E-state index in [1.54, 1.807) is 12.3 Å². The molecule has 0 atom stereocenters. The summed E-state index contributed by atoms with van der Waals surface area (Å²) < 4.78 is 18.2. The van der Waals surface area contributed by atoms with Crippen LogP contribution in [-0.4, -0.2) is 18.4 Å². The van der Waals surface area contributed by atoms with Gasteiger partial charge >= 0.3 is 7.12 Å². The van der Waals surface area contributed by atoms with Crippen LogP contribution in [0, 0.1) is 5.82 Å². The summed E-state index contributed by atoms with van der Waals surface area (Å²) in [5, 5.41) is 9.34. The Bertz CT molecular complexity index is 345. The van der Waals surface area contributed by atoms with Gasteiger partial charge in [0.25, 0.3) is 0 Å². The SMILES string of the molecule is CSc1cc2c(cc1F)COB2O. The summed E-state index contributed by atoms with van der Waals surface area (Å²) in [4.78, 5) is 0.545. The molecule has 0 bridgehead atoms. The number of hydrogen-bond acceptors (Lipinski definition) is 3. The zero-order valence-electron chi connectivity index (χ0n) is 7.08. The van der Waals surface area contributed by atoms with Crippen LogP contribution in [0.15, 0.2) is 17.0 Å². The molecule has 68 valence electrons. The maximum Gasteiger partial charge on any atom is 0.491 e. The highest BCUT2D eigenvalue weighted by Crippen LogP contribution is 2.21. The summed E-state index contributed by atoms with van der Waals surface area (Å²) in [6.45, 7) is 0.294. The predicted molar refractivity (Wildman–Crippen MR) is 50.6 cm³/mol. The molecule has 1 aromatic rings. The van der Waals surface area contributed by atoms with E-state index in [2.05, 4.69) is 0 Å².